The molecule has 0 bridgehead atoms. The smallest absolute Gasteiger partial charge is 0.147 e. The van der Waals surface area contributed by atoms with Crippen LogP contribution in [0.2, 0.25) is 0 Å². The Morgan fingerprint density at radius 3 is 3.00 bits per heavy atom. The third-order valence-corrected chi connectivity index (χ3v) is 4.04. The fourth-order valence-electron chi connectivity index (χ4n) is 2.20. The van der Waals surface area contributed by atoms with Gasteiger partial charge in [-0.3, -0.25) is 4.98 Å². The van der Waals surface area contributed by atoms with Crippen molar-refractivity contribution in [3.8, 4) is 5.75 Å². The number of ether oxygens (including phenoxy) is 1. The predicted octanol–water partition coefficient (Wildman–Crippen LogP) is 3.68. The van der Waals surface area contributed by atoms with Crippen molar-refractivity contribution in [1.29, 1.82) is 0 Å². The van der Waals surface area contributed by atoms with E-state index in [0.717, 1.165) is 29.2 Å². The summed E-state index contributed by atoms with van der Waals surface area (Å²) in [6.07, 6.45) is 1.88. The van der Waals surface area contributed by atoms with E-state index in [1.54, 1.807) is 11.3 Å². The van der Waals surface area contributed by atoms with Crippen LogP contribution in [0.15, 0.2) is 29.9 Å². The number of rotatable bonds is 5. The van der Waals surface area contributed by atoms with Gasteiger partial charge in [0.15, 0.2) is 0 Å². The molecule has 104 valence electrons. The predicted molar refractivity (Wildman–Crippen MR) is 81.7 cm³/mol. The summed E-state index contributed by atoms with van der Waals surface area (Å²) in [5, 5.41) is 0. The average molecular weight is 308 g/mol. The lowest BCUT2D eigenvalue weighted by molar-refractivity contribution is 0.343. The number of halogens is 1. The second-order valence-corrected chi connectivity index (χ2v) is 5.51. The molecule has 0 atom stereocenters. The standard InChI is InChI=1S/C14H14ClN3OS/c1-2-19-12-5-3-4-11-14(12)17-13(6-15)18(11)8-10-7-16-9-20-10/h3-5,7,9H,2,6,8H2,1H3. The average Bonchev–Trinajstić information content (AvgIpc) is 3.08. The van der Waals surface area contributed by atoms with Crippen LogP contribution in [-0.2, 0) is 12.4 Å². The van der Waals surface area contributed by atoms with Crippen molar-refractivity contribution < 1.29 is 4.74 Å². The number of aromatic nitrogens is 3. The zero-order chi connectivity index (χ0) is 13.9. The topological polar surface area (TPSA) is 39.9 Å². The van der Waals surface area contributed by atoms with Gasteiger partial charge in [0, 0.05) is 11.1 Å². The van der Waals surface area contributed by atoms with E-state index in [9.17, 15) is 0 Å². The molecule has 3 aromatic rings. The monoisotopic (exact) mass is 307 g/mol. The van der Waals surface area contributed by atoms with Crippen LogP contribution < -0.4 is 4.74 Å². The van der Waals surface area contributed by atoms with Gasteiger partial charge >= 0.3 is 0 Å². The van der Waals surface area contributed by atoms with Gasteiger partial charge in [0.25, 0.3) is 0 Å². The van der Waals surface area contributed by atoms with Crippen molar-refractivity contribution in [2.75, 3.05) is 6.61 Å². The molecule has 0 aliphatic heterocycles. The molecular formula is C14H14ClN3OS. The molecule has 0 fully saturated rings. The van der Waals surface area contributed by atoms with Crippen molar-refractivity contribution in [2.45, 2.75) is 19.3 Å². The fourth-order valence-corrected chi connectivity index (χ4v) is 2.98. The molecule has 0 unspecified atom stereocenters. The normalized spacial score (nSPS) is 11.1. The van der Waals surface area contributed by atoms with Crippen molar-refractivity contribution in [3.63, 3.8) is 0 Å². The molecule has 0 aliphatic carbocycles. The number of benzene rings is 1. The molecule has 0 amide bonds. The van der Waals surface area contributed by atoms with Crippen LogP contribution in [0.25, 0.3) is 11.0 Å². The molecule has 1 aromatic carbocycles. The van der Waals surface area contributed by atoms with Crippen molar-refractivity contribution in [2.24, 2.45) is 0 Å². The summed E-state index contributed by atoms with van der Waals surface area (Å²) in [7, 11) is 0. The van der Waals surface area contributed by atoms with Crippen molar-refractivity contribution in [3.05, 3.63) is 40.6 Å². The van der Waals surface area contributed by atoms with E-state index in [1.807, 2.05) is 36.8 Å². The molecule has 0 spiro atoms. The molecule has 20 heavy (non-hydrogen) atoms. The summed E-state index contributed by atoms with van der Waals surface area (Å²) in [4.78, 5) is 9.91. The van der Waals surface area contributed by atoms with Crippen LogP contribution in [-0.4, -0.2) is 21.1 Å². The van der Waals surface area contributed by atoms with Gasteiger partial charge < -0.3 is 9.30 Å². The number of hydrogen-bond acceptors (Lipinski definition) is 4. The Hall–Kier alpha value is -1.59. The van der Waals surface area contributed by atoms with Gasteiger partial charge in [-0.2, -0.15) is 0 Å². The lowest BCUT2D eigenvalue weighted by Crippen LogP contribution is -2.02. The SMILES string of the molecule is CCOc1cccc2c1nc(CCl)n2Cc1cncs1. The lowest BCUT2D eigenvalue weighted by atomic mass is 10.3. The molecule has 0 aliphatic rings. The number of thiazole rings is 1. The maximum Gasteiger partial charge on any atom is 0.147 e. The van der Waals surface area contributed by atoms with Crippen LogP contribution in [0, 0.1) is 0 Å². The lowest BCUT2D eigenvalue weighted by Gasteiger charge is -2.06. The van der Waals surface area contributed by atoms with Gasteiger partial charge in [0.2, 0.25) is 0 Å². The zero-order valence-corrected chi connectivity index (χ0v) is 12.6. The Morgan fingerprint density at radius 2 is 2.30 bits per heavy atom. The van der Waals surface area contributed by atoms with Gasteiger partial charge in [-0.1, -0.05) is 6.07 Å². The third-order valence-electron chi connectivity index (χ3n) is 3.04. The number of imidazole rings is 1. The number of para-hydroxylation sites is 1. The first-order chi connectivity index (χ1) is 9.83. The third kappa shape index (κ3) is 2.39. The summed E-state index contributed by atoms with van der Waals surface area (Å²) < 4.78 is 7.76. The highest BCUT2D eigenvalue weighted by Crippen LogP contribution is 2.27. The highest BCUT2D eigenvalue weighted by atomic mass is 35.5. The molecule has 2 aromatic heterocycles. The first-order valence-electron chi connectivity index (χ1n) is 6.37. The van der Waals surface area contributed by atoms with Gasteiger partial charge in [0.05, 0.1) is 30.1 Å². The zero-order valence-electron chi connectivity index (χ0n) is 11.0. The number of fused-ring (bicyclic) bond motifs is 1. The van der Waals surface area contributed by atoms with E-state index in [2.05, 4.69) is 14.5 Å². The van der Waals surface area contributed by atoms with Gasteiger partial charge in [-0.05, 0) is 19.1 Å². The van der Waals surface area contributed by atoms with Crippen LogP contribution in [0.1, 0.15) is 17.6 Å². The van der Waals surface area contributed by atoms with Crippen LogP contribution >= 0.6 is 22.9 Å². The second kappa shape index (κ2) is 5.81. The van der Waals surface area contributed by atoms with E-state index in [4.69, 9.17) is 16.3 Å². The Kier molecular flexibility index (Phi) is 3.89. The summed E-state index contributed by atoms with van der Waals surface area (Å²) in [5.41, 5.74) is 3.75. The number of hydrogen-bond donors (Lipinski definition) is 0. The van der Waals surface area contributed by atoms with E-state index in [1.165, 1.54) is 4.88 Å². The largest absolute Gasteiger partial charge is 0.492 e. The molecule has 3 rings (SSSR count). The minimum absolute atomic E-state index is 0.374. The fraction of sp³-hybridized carbons (Fsp3) is 0.286. The molecule has 0 saturated carbocycles. The first kappa shape index (κ1) is 13.4. The van der Waals surface area contributed by atoms with Gasteiger partial charge in [-0.15, -0.1) is 22.9 Å². The van der Waals surface area contributed by atoms with Crippen LogP contribution in [0.3, 0.4) is 0 Å². The van der Waals surface area contributed by atoms with E-state index >= 15 is 0 Å². The Labute approximate surface area is 126 Å². The number of alkyl halides is 1. The van der Waals surface area contributed by atoms with Crippen LogP contribution in [0.5, 0.6) is 5.75 Å². The highest BCUT2D eigenvalue weighted by Gasteiger charge is 2.14. The summed E-state index contributed by atoms with van der Waals surface area (Å²) in [6, 6.07) is 5.96. The second-order valence-electron chi connectivity index (χ2n) is 4.27. The van der Waals surface area contributed by atoms with Crippen LogP contribution in [0.4, 0.5) is 0 Å². The summed E-state index contributed by atoms with van der Waals surface area (Å²) in [5.74, 6) is 2.03. The molecule has 0 saturated heterocycles. The maximum absolute atomic E-state index is 6.04. The van der Waals surface area contributed by atoms with Crippen molar-refractivity contribution in [1.82, 2.24) is 14.5 Å². The minimum Gasteiger partial charge on any atom is -0.492 e. The van der Waals surface area contributed by atoms with Gasteiger partial charge in [-0.25, -0.2) is 4.98 Å². The Bertz CT molecular complexity index is 709. The molecule has 4 nitrogen and oxygen atoms in total. The maximum atomic E-state index is 6.04. The van der Waals surface area contributed by atoms with Gasteiger partial charge in [0.1, 0.15) is 17.1 Å². The van der Waals surface area contributed by atoms with E-state index in [-0.39, 0.29) is 0 Å². The molecule has 0 N–H and O–H groups in total. The minimum atomic E-state index is 0.374. The Morgan fingerprint density at radius 1 is 1.40 bits per heavy atom. The summed E-state index contributed by atoms with van der Waals surface area (Å²) in [6.45, 7) is 3.32. The Balaban J connectivity index is 2.12. The van der Waals surface area contributed by atoms with Crippen molar-refractivity contribution >= 4 is 34.0 Å². The number of nitrogens with zero attached hydrogens (tertiary/aromatic N) is 3. The molecule has 2 heterocycles. The van der Waals surface area contributed by atoms with E-state index < -0.39 is 0 Å². The molecule has 6 heteroatoms. The quantitative estimate of drug-likeness (QED) is 0.675. The molecule has 0 radical (unpaired) electrons. The first-order valence-corrected chi connectivity index (χ1v) is 7.79. The van der Waals surface area contributed by atoms with E-state index in [0.29, 0.717) is 12.5 Å². The molecular weight excluding hydrogens is 294 g/mol. The highest BCUT2D eigenvalue weighted by molar-refractivity contribution is 7.09. The summed E-state index contributed by atoms with van der Waals surface area (Å²) >= 11 is 7.67.